The zero-order valence-corrected chi connectivity index (χ0v) is 10.2. The molecule has 1 heterocycles. The second-order valence-electron chi connectivity index (χ2n) is 4.50. The molecule has 1 fully saturated rings. The van der Waals surface area contributed by atoms with Crippen LogP contribution in [0.2, 0.25) is 0 Å². The van der Waals surface area contributed by atoms with Crippen LogP contribution in [0.3, 0.4) is 0 Å². The number of esters is 1. The van der Waals surface area contributed by atoms with E-state index in [4.69, 9.17) is 14.2 Å². The molecule has 0 radical (unpaired) electrons. The van der Waals surface area contributed by atoms with Gasteiger partial charge in [-0.15, -0.1) is 0 Å². The van der Waals surface area contributed by atoms with Gasteiger partial charge in [0.1, 0.15) is 5.75 Å². The van der Waals surface area contributed by atoms with Gasteiger partial charge in [0, 0.05) is 0 Å². The number of hydrogen-bond acceptors (Lipinski definition) is 4. The van der Waals surface area contributed by atoms with Crippen molar-refractivity contribution >= 4 is 5.97 Å². The lowest BCUT2D eigenvalue weighted by atomic mass is 10.2. The van der Waals surface area contributed by atoms with E-state index in [-0.39, 0.29) is 6.10 Å². The number of hydrogen-bond donors (Lipinski definition) is 0. The van der Waals surface area contributed by atoms with E-state index in [9.17, 15) is 4.79 Å². The van der Waals surface area contributed by atoms with E-state index in [1.165, 1.54) is 0 Å². The number of carbonyl (C=O) groups is 1. The van der Waals surface area contributed by atoms with Crippen LogP contribution in [0.4, 0.5) is 0 Å². The van der Waals surface area contributed by atoms with Crippen molar-refractivity contribution in [2.45, 2.75) is 38.8 Å². The number of para-hydroxylation sites is 1. The van der Waals surface area contributed by atoms with Crippen molar-refractivity contribution in [3.63, 3.8) is 0 Å². The van der Waals surface area contributed by atoms with Crippen LogP contribution in [0.5, 0.6) is 5.75 Å². The fourth-order valence-corrected chi connectivity index (χ4v) is 1.84. The molecule has 0 amide bonds. The van der Waals surface area contributed by atoms with E-state index in [1.807, 2.05) is 18.2 Å². The summed E-state index contributed by atoms with van der Waals surface area (Å²) < 4.78 is 16.2. The molecular formula is C13H16O4. The summed E-state index contributed by atoms with van der Waals surface area (Å²) in [6.45, 7) is 5.35. The van der Waals surface area contributed by atoms with Crippen LogP contribution < -0.4 is 4.74 Å². The molecule has 0 saturated carbocycles. The Labute approximate surface area is 100 Å². The first-order chi connectivity index (χ1) is 7.98. The summed E-state index contributed by atoms with van der Waals surface area (Å²) in [5.41, 5.74) is 0. The predicted octanol–water partition coefficient (Wildman–Crippen LogP) is 2.13. The number of rotatable bonds is 2. The smallest absolute Gasteiger partial charge is 0.343 e. The van der Waals surface area contributed by atoms with Gasteiger partial charge in [-0.05, 0) is 32.9 Å². The van der Waals surface area contributed by atoms with Gasteiger partial charge >= 0.3 is 5.97 Å². The summed E-state index contributed by atoms with van der Waals surface area (Å²) in [4.78, 5) is 11.9. The maximum atomic E-state index is 11.9. The van der Waals surface area contributed by atoms with Crippen LogP contribution in [0.15, 0.2) is 30.3 Å². The molecule has 0 spiro atoms. The molecule has 2 rings (SSSR count). The number of benzene rings is 1. The van der Waals surface area contributed by atoms with E-state index < -0.39 is 17.9 Å². The van der Waals surface area contributed by atoms with Gasteiger partial charge in [-0.1, -0.05) is 18.2 Å². The topological polar surface area (TPSA) is 44.8 Å². The van der Waals surface area contributed by atoms with Crippen LogP contribution in [0.25, 0.3) is 0 Å². The number of ether oxygens (including phenoxy) is 3. The number of carbonyl (C=O) groups excluding carboxylic acids is 1. The normalized spacial score (nSPS) is 26.8. The summed E-state index contributed by atoms with van der Waals surface area (Å²) in [7, 11) is 0. The minimum atomic E-state index is -0.736. The van der Waals surface area contributed by atoms with Gasteiger partial charge in [0.15, 0.2) is 11.9 Å². The minimum Gasteiger partial charge on any atom is -0.425 e. The first kappa shape index (κ1) is 12.1. The third-order valence-electron chi connectivity index (χ3n) is 2.50. The Balaban J connectivity index is 2.02. The molecule has 1 aliphatic heterocycles. The second-order valence-corrected chi connectivity index (χ2v) is 4.50. The van der Waals surface area contributed by atoms with E-state index in [1.54, 1.807) is 32.9 Å². The first-order valence-electron chi connectivity index (χ1n) is 5.60. The van der Waals surface area contributed by atoms with Gasteiger partial charge in [0.25, 0.3) is 0 Å². The van der Waals surface area contributed by atoms with Crippen molar-refractivity contribution in [1.82, 2.24) is 0 Å². The Hall–Kier alpha value is -1.39. The quantitative estimate of drug-likeness (QED) is 0.583. The lowest BCUT2D eigenvalue weighted by Gasteiger charge is -2.16. The van der Waals surface area contributed by atoms with Crippen molar-refractivity contribution in [2.24, 2.45) is 0 Å². The Morgan fingerprint density at radius 1 is 1.24 bits per heavy atom. The molecule has 17 heavy (non-hydrogen) atoms. The predicted molar refractivity (Wildman–Crippen MR) is 61.6 cm³/mol. The van der Waals surface area contributed by atoms with Crippen molar-refractivity contribution in [3.8, 4) is 5.75 Å². The highest BCUT2D eigenvalue weighted by Crippen LogP contribution is 2.28. The van der Waals surface area contributed by atoms with Gasteiger partial charge in [0.05, 0.1) is 6.10 Å². The van der Waals surface area contributed by atoms with Gasteiger partial charge in [-0.3, -0.25) is 0 Å². The summed E-state index contributed by atoms with van der Waals surface area (Å²) in [5, 5.41) is 0. The molecule has 4 nitrogen and oxygen atoms in total. The summed E-state index contributed by atoms with van der Waals surface area (Å²) in [5.74, 6) is -0.646. The van der Waals surface area contributed by atoms with Crippen molar-refractivity contribution in [2.75, 3.05) is 0 Å². The lowest BCUT2D eigenvalue weighted by Crippen LogP contribution is -2.33. The highest BCUT2D eigenvalue weighted by Gasteiger charge is 2.43. The van der Waals surface area contributed by atoms with E-state index in [0.717, 1.165) is 0 Å². The van der Waals surface area contributed by atoms with Crippen LogP contribution in [-0.4, -0.2) is 24.0 Å². The largest absolute Gasteiger partial charge is 0.425 e. The van der Waals surface area contributed by atoms with Gasteiger partial charge < -0.3 is 14.2 Å². The van der Waals surface area contributed by atoms with Crippen LogP contribution in [-0.2, 0) is 14.3 Å². The Bertz CT molecular complexity index is 399. The van der Waals surface area contributed by atoms with Crippen LogP contribution in [0.1, 0.15) is 20.8 Å². The molecule has 1 aliphatic rings. The molecule has 0 aromatic heterocycles. The lowest BCUT2D eigenvalue weighted by molar-refractivity contribution is -0.163. The molecule has 1 aromatic rings. The first-order valence-corrected chi connectivity index (χ1v) is 5.60. The third kappa shape index (κ3) is 2.84. The molecule has 1 aromatic carbocycles. The molecule has 0 unspecified atom stereocenters. The standard InChI is InChI=1S/C13H16O4/c1-9-11(17-13(2,3)16-9)12(14)15-10-7-5-4-6-8-10/h4-9,11H,1-3H3/t9-,11-/m0/s1. The molecule has 0 bridgehead atoms. The molecular weight excluding hydrogens is 220 g/mol. The second kappa shape index (κ2) is 4.47. The fraction of sp³-hybridized carbons (Fsp3) is 0.462. The Morgan fingerprint density at radius 3 is 2.41 bits per heavy atom. The Morgan fingerprint density at radius 2 is 1.88 bits per heavy atom. The fourth-order valence-electron chi connectivity index (χ4n) is 1.84. The van der Waals surface area contributed by atoms with Crippen LogP contribution >= 0.6 is 0 Å². The monoisotopic (exact) mass is 236 g/mol. The summed E-state index contributed by atoms with van der Waals surface area (Å²) in [6.07, 6.45) is -0.980. The third-order valence-corrected chi connectivity index (χ3v) is 2.50. The maximum Gasteiger partial charge on any atom is 0.343 e. The zero-order valence-electron chi connectivity index (χ0n) is 10.2. The molecule has 0 aliphatic carbocycles. The highest BCUT2D eigenvalue weighted by atomic mass is 16.8. The zero-order chi connectivity index (χ0) is 12.5. The average Bonchev–Trinajstić information content (AvgIpc) is 2.54. The summed E-state index contributed by atoms with van der Waals surface area (Å²) in [6, 6.07) is 8.93. The molecule has 1 saturated heterocycles. The SMILES string of the molecule is C[C@@H]1OC(C)(C)O[C@@H]1C(=O)Oc1ccccc1. The van der Waals surface area contributed by atoms with Gasteiger partial charge in [-0.2, -0.15) is 0 Å². The van der Waals surface area contributed by atoms with Crippen molar-refractivity contribution < 1.29 is 19.0 Å². The van der Waals surface area contributed by atoms with Crippen LogP contribution in [0, 0.1) is 0 Å². The molecule has 4 heteroatoms. The van der Waals surface area contributed by atoms with Gasteiger partial charge in [-0.25, -0.2) is 4.79 Å². The summed E-state index contributed by atoms with van der Waals surface area (Å²) >= 11 is 0. The van der Waals surface area contributed by atoms with Crippen molar-refractivity contribution in [1.29, 1.82) is 0 Å². The molecule has 0 N–H and O–H groups in total. The Kier molecular flexibility index (Phi) is 3.17. The molecule has 92 valence electrons. The highest BCUT2D eigenvalue weighted by molar-refractivity contribution is 5.78. The maximum absolute atomic E-state index is 11.9. The van der Waals surface area contributed by atoms with Gasteiger partial charge in [0.2, 0.25) is 0 Å². The molecule has 2 atom stereocenters. The average molecular weight is 236 g/mol. The van der Waals surface area contributed by atoms with Crippen molar-refractivity contribution in [3.05, 3.63) is 30.3 Å². The van der Waals surface area contributed by atoms with E-state index >= 15 is 0 Å². The van der Waals surface area contributed by atoms with E-state index in [2.05, 4.69) is 0 Å². The van der Waals surface area contributed by atoms with E-state index in [0.29, 0.717) is 5.75 Å². The minimum absolute atomic E-state index is 0.304.